The van der Waals surface area contributed by atoms with E-state index in [1.165, 1.54) is 32.1 Å². The largest absolute Gasteiger partial charge is 0.481 e. The minimum atomic E-state index is -0.900. The second kappa shape index (κ2) is 6.37. The van der Waals surface area contributed by atoms with Gasteiger partial charge in [0.1, 0.15) is 0 Å². The molecule has 0 spiro atoms. The van der Waals surface area contributed by atoms with Gasteiger partial charge in [-0.15, -0.1) is 0 Å². The zero-order chi connectivity index (χ0) is 13.8. The van der Waals surface area contributed by atoms with Gasteiger partial charge in [0.05, 0.1) is 12.5 Å². The molecule has 5 heteroatoms. The predicted octanol–water partition coefficient (Wildman–Crippen LogP) is 1.23. The van der Waals surface area contributed by atoms with Crippen LogP contribution in [0.1, 0.15) is 45.4 Å². The number of aliphatic carboxylic acids is 1. The van der Waals surface area contributed by atoms with E-state index in [2.05, 4.69) is 17.1 Å². The fourth-order valence-corrected chi connectivity index (χ4v) is 3.48. The van der Waals surface area contributed by atoms with E-state index in [1.54, 1.807) is 0 Å². The third-order valence-corrected chi connectivity index (χ3v) is 4.60. The van der Waals surface area contributed by atoms with Gasteiger partial charge in [-0.1, -0.05) is 19.3 Å². The molecule has 5 nitrogen and oxygen atoms in total. The highest BCUT2D eigenvalue weighted by Crippen LogP contribution is 2.30. The number of hydrogen-bond donors (Lipinski definition) is 2. The Bertz CT molecular complexity index is 340. The van der Waals surface area contributed by atoms with Crippen LogP contribution in [0.15, 0.2) is 0 Å². The number of carbonyl (C=O) groups excluding carboxylic acids is 1. The van der Waals surface area contributed by atoms with Crippen LogP contribution in [0.25, 0.3) is 0 Å². The lowest BCUT2D eigenvalue weighted by Gasteiger charge is -2.42. The highest BCUT2D eigenvalue weighted by atomic mass is 16.4. The third kappa shape index (κ3) is 3.47. The summed E-state index contributed by atoms with van der Waals surface area (Å²) in [6.07, 6.45) is 6.15. The molecule has 0 aromatic carbocycles. The lowest BCUT2D eigenvalue weighted by molar-refractivity contribution is -0.144. The van der Waals surface area contributed by atoms with Gasteiger partial charge >= 0.3 is 5.97 Å². The van der Waals surface area contributed by atoms with Crippen LogP contribution in [-0.2, 0) is 9.59 Å². The molecule has 2 aliphatic rings. The normalized spacial score (nSPS) is 27.8. The molecule has 1 aliphatic carbocycles. The maximum absolute atomic E-state index is 11.9. The Balaban J connectivity index is 2.05. The van der Waals surface area contributed by atoms with Gasteiger partial charge in [-0.05, 0) is 25.7 Å². The number of nitrogens with one attached hydrogen (secondary N) is 1. The van der Waals surface area contributed by atoms with Crippen LogP contribution in [0.2, 0.25) is 0 Å². The summed E-state index contributed by atoms with van der Waals surface area (Å²) < 4.78 is 0. The minimum Gasteiger partial charge on any atom is -0.481 e. The highest BCUT2D eigenvalue weighted by molar-refractivity contribution is 5.86. The Labute approximate surface area is 114 Å². The van der Waals surface area contributed by atoms with E-state index in [0.29, 0.717) is 18.5 Å². The standard InChI is InChI=1S/C14H24N2O3/c1-10(11-5-3-2-4-6-11)16-8-7-15-14(19)12(16)9-13(17)18/h10-12H,2-9H2,1H3,(H,15,19)(H,17,18). The van der Waals surface area contributed by atoms with Gasteiger partial charge in [-0.2, -0.15) is 0 Å². The first-order valence-corrected chi connectivity index (χ1v) is 7.35. The summed E-state index contributed by atoms with van der Waals surface area (Å²) in [5.41, 5.74) is 0. The molecule has 0 aromatic heterocycles. The molecule has 1 saturated carbocycles. The van der Waals surface area contributed by atoms with Crippen molar-refractivity contribution in [2.24, 2.45) is 5.92 Å². The maximum Gasteiger partial charge on any atom is 0.305 e. The van der Waals surface area contributed by atoms with E-state index in [-0.39, 0.29) is 12.3 Å². The van der Waals surface area contributed by atoms with Crippen LogP contribution in [0.3, 0.4) is 0 Å². The number of rotatable bonds is 4. The minimum absolute atomic E-state index is 0.0944. The number of hydrogen-bond acceptors (Lipinski definition) is 3. The molecule has 1 saturated heterocycles. The zero-order valence-electron chi connectivity index (χ0n) is 11.6. The fraction of sp³-hybridized carbons (Fsp3) is 0.857. The first kappa shape index (κ1) is 14.3. The molecule has 2 atom stereocenters. The molecule has 1 aliphatic heterocycles. The van der Waals surface area contributed by atoms with Crippen LogP contribution in [0.4, 0.5) is 0 Å². The van der Waals surface area contributed by atoms with Crippen LogP contribution in [0.5, 0.6) is 0 Å². The maximum atomic E-state index is 11.9. The Hall–Kier alpha value is -1.10. The monoisotopic (exact) mass is 268 g/mol. The smallest absolute Gasteiger partial charge is 0.305 e. The van der Waals surface area contributed by atoms with Gasteiger partial charge in [0.25, 0.3) is 0 Å². The van der Waals surface area contributed by atoms with Crippen molar-refractivity contribution in [2.75, 3.05) is 13.1 Å². The van der Waals surface area contributed by atoms with Crippen LogP contribution < -0.4 is 5.32 Å². The average Bonchev–Trinajstić information content (AvgIpc) is 2.41. The Morgan fingerprint density at radius 3 is 2.74 bits per heavy atom. The molecule has 2 fully saturated rings. The molecule has 1 amide bonds. The molecule has 0 radical (unpaired) electrons. The van der Waals surface area contributed by atoms with Crippen molar-refractivity contribution in [2.45, 2.75) is 57.5 Å². The molecule has 2 unspecified atom stereocenters. The van der Waals surface area contributed by atoms with Crippen molar-refractivity contribution >= 4 is 11.9 Å². The first-order chi connectivity index (χ1) is 9.09. The summed E-state index contributed by atoms with van der Waals surface area (Å²) in [5.74, 6) is -0.421. The van der Waals surface area contributed by atoms with E-state index < -0.39 is 12.0 Å². The number of carboxylic acids is 1. The molecule has 2 rings (SSSR count). The van der Waals surface area contributed by atoms with Crippen LogP contribution >= 0.6 is 0 Å². The Morgan fingerprint density at radius 2 is 2.11 bits per heavy atom. The number of piperazine rings is 1. The summed E-state index contributed by atoms with van der Waals surface area (Å²) in [5, 5.41) is 11.8. The van der Waals surface area contributed by atoms with Crippen molar-refractivity contribution in [1.82, 2.24) is 10.2 Å². The molecule has 2 N–H and O–H groups in total. The van der Waals surface area contributed by atoms with E-state index in [1.807, 2.05) is 0 Å². The van der Waals surface area contributed by atoms with E-state index in [9.17, 15) is 9.59 Å². The summed E-state index contributed by atoms with van der Waals surface area (Å²) >= 11 is 0. The van der Waals surface area contributed by atoms with Crippen molar-refractivity contribution in [3.63, 3.8) is 0 Å². The molecular formula is C14H24N2O3. The predicted molar refractivity (Wildman–Crippen MR) is 71.8 cm³/mol. The highest BCUT2D eigenvalue weighted by Gasteiger charge is 2.37. The quantitative estimate of drug-likeness (QED) is 0.804. The number of nitrogens with zero attached hydrogens (tertiary/aromatic N) is 1. The zero-order valence-corrected chi connectivity index (χ0v) is 11.6. The van der Waals surface area contributed by atoms with Crippen LogP contribution in [0, 0.1) is 5.92 Å². The summed E-state index contributed by atoms with van der Waals surface area (Å²) in [7, 11) is 0. The van der Waals surface area contributed by atoms with Gasteiger partial charge < -0.3 is 10.4 Å². The molecule has 19 heavy (non-hydrogen) atoms. The van der Waals surface area contributed by atoms with E-state index in [0.717, 1.165) is 6.54 Å². The van der Waals surface area contributed by atoms with Gasteiger partial charge in [0.2, 0.25) is 5.91 Å². The van der Waals surface area contributed by atoms with Gasteiger partial charge in [0, 0.05) is 19.1 Å². The Morgan fingerprint density at radius 1 is 1.42 bits per heavy atom. The van der Waals surface area contributed by atoms with Gasteiger partial charge in [-0.3, -0.25) is 14.5 Å². The van der Waals surface area contributed by atoms with Crippen molar-refractivity contribution in [3.05, 3.63) is 0 Å². The number of carbonyl (C=O) groups is 2. The van der Waals surface area contributed by atoms with Gasteiger partial charge in [-0.25, -0.2) is 0 Å². The van der Waals surface area contributed by atoms with Crippen molar-refractivity contribution in [1.29, 1.82) is 0 Å². The van der Waals surface area contributed by atoms with Crippen molar-refractivity contribution < 1.29 is 14.7 Å². The lowest BCUT2D eigenvalue weighted by Crippen LogP contribution is -2.59. The van der Waals surface area contributed by atoms with Gasteiger partial charge in [0.15, 0.2) is 0 Å². The summed E-state index contributed by atoms with van der Waals surface area (Å²) in [6, 6.07) is -0.195. The molecule has 0 aromatic rings. The topological polar surface area (TPSA) is 69.6 Å². The average molecular weight is 268 g/mol. The lowest BCUT2D eigenvalue weighted by atomic mass is 9.83. The second-order valence-electron chi connectivity index (χ2n) is 5.78. The molecule has 0 bridgehead atoms. The number of carboxylic acid groups (broad SMARTS) is 1. The van der Waals surface area contributed by atoms with E-state index in [4.69, 9.17) is 5.11 Å². The third-order valence-electron chi connectivity index (χ3n) is 4.60. The van der Waals surface area contributed by atoms with Crippen LogP contribution in [-0.4, -0.2) is 47.1 Å². The fourth-order valence-electron chi connectivity index (χ4n) is 3.48. The molecule has 1 heterocycles. The first-order valence-electron chi connectivity index (χ1n) is 7.35. The molecular weight excluding hydrogens is 244 g/mol. The molecule has 108 valence electrons. The second-order valence-corrected chi connectivity index (χ2v) is 5.78. The SMILES string of the molecule is CC(C1CCCCC1)N1CCNC(=O)C1CC(=O)O. The number of amides is 1. The summed E-state index contributed by atoms with van der Waals surface area (Å²) in [4.78, 5) is 25.0. The van der Waals surface area contributed by atoms with E-state index >= 15 is 0 Å². The Kier molecular flexibility index (Phi) is 4.80. The van der Waals surface area contributed by atoms with Crippen molar-refractivity contribution in [3.8, 4) is 0 Å². The summed E-state index contributed by atoms with van der Waals surface area (Å²) in [6.45, 7) is 3.55.